The van der Waals surface area contributed by atoms with E-state index in [-0.39, 0.29) is 17.9 Å². The van der Waals surface area contributed by atoms with Crippen LogP contribution < -0.4 is 0 Å². The van der Waals surface area contributed by atoms with E-state index in [9.17, 15) is 14.9 Å². The normalized spacial score (nSPS) is 10.3. The van der Waals surface area contributed by atoms with Gasteiger partial charge in [0.15, 0.2) is 5.78 Å². The Kier molecular flexibility index (Phi) is 4.52. The lowest BCUT2D eigenvalue weighted by molar-refractivity contribution is -0.384. The van der Waals surface area contributed by atoms with E-state index < -0.39 is 4.92 Å². The Balaban J connectivity index is 2.19. The van der Waals surface area contributed by atoms with E-state index in [4.69, 9.17) is 11.6 Å². The molecule has 2 rings (SSSR count). The average molecular weight is 355 g/mol. The van der Waals surface area contributed by atoms with Gasteiger partial charge in [-0.15, -0.1) is 0 Å². The molecule has 102 valence electrons. The maximum Gasteiger partial charge on any atom is 0.269 e. The van der Waals surface area contributed by atoms with Crippen molar-refractivity contribution in [3.63, 3.8) is 0 Å². The summed E-state index contributed by atoms with van der Waals surface area (Å²) in [6.07, 6.45) is 0.147. The first-order valence-corrected chi connectivity index (χ1v) is 6.86. The number of benzene rings is 2. The lowest BCUT2D eigenvalue weighted by atomic mass is 10.0. The van der Waals surface area contributed by atoms with Crippen molar-refractivity contribution in [2.45, 2.75) is 6.42 Å². The van der Waals surface area contributed by atoms with Crippen molar-refractivity contribution in [1.29, 1.82) is 0 Å². The van der Waals surface area contributed by atoms with E-state index in [1.54, 1.807) is 30.3 Å². The Morgan fingerprint density at radius 3 is 2.45 bits per heavy atom. The van der Waals surface area contributed by atoms with E-state index in [0.717, 1.165) is 0 Å². The Morgan fingerprint density at radius 1 is 1.20 bits per heavy atom. The van der Waals surface area contributed by atoms with Gasteiger partial charge in [-0.05, 0) is 33.6 Å². The first-order chi connectivity index (χ1) is 9.49. The molecule has 0 radical (unpaired) electrons. The molecule has 0 heterocycles. The molecule has 0 unspecified atom stereocenters. The predicted molar refractivity (Wildman–Crippen MR) is 80.3 cm³/mol. The summed E-state index contributed by atoms with van der Waals surface area (Å²) in [6, 6.07) is 11.0. The van der Waals surface area contributed by atoms with Gasteiger partial charge in [0, 0.05) is 28.6 Å². The van der Waals surface area contributed by atoms with Crippen LogP contribution in [-0.4, -0.2) is 10.7 Å². The molecule has 20 heavy (non-hydrogen) atoms. The average Bonchev–Trinajstić information content (AvgIpc) is 2.42. The Labute approximate surface area is 128 Å². The molecule has 0 fully saturated rings. The third-order valence-electron chi connectivity index (χ3n) is 2.76. The minimum Gasteiger partial charge on any atom is -0.294 e. The zero-order chi connectivity index (χ0) is 14.7. The number of carbonyl (C=O) groups excluding carboxylic acids is 1. The summed E-state index contributed by atoms with van der Waals surface area (Å²) in [6.45, 7) is 0. The third-order valence-corrected chi connectivity index (χ3v) is 4.06. The van der Waals surface area contributed by atoms with Crippen LogP contribution in [0.2, 0.25) is 5.02 Å². The van der Waals surface area contributed by atoms with Crippen LogP contribution in [0.25, 0.3) is 0 Å². The van der Waals surface area contributed by atoms with Gasteiger partial charge < -0.3 is 0 Å². The molecule has 0 bridgehead atoms. The number of halogens is 2. The van der Waals surface area contributed by atoms with Crippen LogP contribution in [0.5, 0.6) is 0 Å². The van der Waals surface area contributed by atoms with Crippen LogP contribution in [0.15, 0.2) is 46.9 Å². The number of Topliss-reactive ketones (excluding diaryl/α,β-unsaturated/α-hetero) is 1. The zero-order valence-corrected chi connectivity index (χ0v) is 12.5. The molecule has 0 amide bonds. The number of non-ortho nitro benzene ring substituents is 1. The molecule has 4 nitrogen and oxygen atoms in total. The molecule has 0 saturated carbocycles. The fourth-order valence-corrected chi connectivity index (χ4v) is 2.33. The highest BCUT2D eigenvalue weighted by Crippen LogP contribution is 2.27. The number of nitrogens with zero attached hydrogens (tertiary/aromatic N) is 1. The number of nitro groups is 1. The maximum absolute atomic E-state index is 12.2. The lowest BCUT2D eigenvalue weighted by Crippen LogP contribution is -2.04. The number of carbonyl (C=O) groups is 1. The highest BCUT2D eigenvalue weighted by Gasteiger charge is 2.13. The molecule has 2 aromatic carbocycles. The molecule has 0 aliphatic heterocycles. The van der Waals surface area contributed by atoms with Crippen LogP contribution in [0.1, 0.15) is 15.9 Å². The fraction of sp³-hybridized carbons (Fsp3) is 0.0714. The molecule has 6 heteroatoms. The third kappa shape index (κ3) is 3.23. The van der Waals surface area contributed by atoms with Gasteiger partial charge in [-0.3, -0.25) is 14.9 Å². The quantitative estimate of drug-likeness (QED) is 0.463. The SMILES string of the molecule is O=C(Cc1ccc([N+](=O)[O-])cc1)c1cccc(Br)c1Cl. The minimum atomic E-state index is -0.475. The van der Waals surface area contributed by atoms with E-state index in [1.165, 1.54) is 12.1 Å². The minimum absolute atomic E-state index is 0.00156. The van der Waals surface area contributed by atoms with Crippen molar-refractivity contribution >= 4 is 39.0 Å². The Bertz CT molecular complexity index is 671. The topological polar surface area (TPSA) is 60.2 Å². The molecule has 0 atom stereocenters. The molecule has 2 aromatic rings. The number of ketones is 1. The lowest BCUT2D eigenvalue weighted by Gasteiger charge is -2.05. The largest absolute Gasteiger partial charge is 0.294 e. The van der Waals surface area contributed by atoms with Crippen molar-refractivity contribution in [2.24, 2.45) is 0 Å². The summed E-state index contributed by atoms with van der Waals surface area (Å²) in [7, 11) is 0. The Morgan fingerprint density at radius 2 is 1.85 bits per heavy atom. The van der Waals surface area contributed by atoms with Gasteiger partial charge in [-0.1, -0.05) is 29.8 Å². The van der Waals surface area contributed by atoms with Crippen LogP contribution in [0.4, 0.5) is 5.69 Å². The predicted octanol–water partition coefficient (Wildman–Crippen LogP) is 4.44. The second-order valence-corrected chi connectivity index (χ2v) is 5.36. The molecule has 0 aliphatic rings. The molecule has 0 aromatic heterocycles. The van der Waals surface area contributed by atoms with E-state index in [2.05, 4.69) is 15.9 Å². The van der Waals surface area contributed by atoms with Crippen LogP contribution in [-0.2, 0) is 6.42 Å². The smallest absolute Gasteiger partial charge is 0.269 e. The maximum atomic E-state index is 12.2. The van der Waals surface area contributed by atoms with Crippen molar-refractivity contribution < 1.29 is 9.72 Å². The number of hydrogen-bond acceptors (Lipinski definition) is 3. The number of hydrogen-bond donors (Lipinski definition) is 0. The molecular formula is C14H9BrClNO3. The van der Waals surface area contributed by atoms with Crippen LogP contribution >= 0.6 is 27.5 Å². The fourth-order valence-electron chi connectivity index (χ4n) is 1.74. The van der Waals surface area contributed by atoms with Crippen LogP contribution in [0, 0.1) is 10.1 Å². The molecule has 0 saturated heterocycles. The van der Waals surface area contributed by atoms with Crippen LogP contribution in [0.3, 0.4) is 0 Å². The van der Waals surface area contributed by atoms with Crippen molar-refractivity contribution in [3.8, 4) is 0 Å². The first-order valence-electron chi connectivity index (χ1n) is 5.69. The molecule has 0 aliphatic carbocycles. The molecular weight excluding hydrogens is 346 g/mol. The van der Waals surface area contributed by atoms with Crippen molar-refractivity contribution in [1.82, 2.24) is 0 Å². The van der Waals surface area contributed by atoms with Gasteiger partial charge in [0.1, 0.15) is 0 Å². The number of rotatable bonds is 4. The van der Waals surface area contributed by atoms with E-state index >= 15 is 0 Å². The highest BCUT2D eigenvalue weighted by molar-refractivity contribution is 9.10. The van der Waals surface area contributed by atoms with Gasteiger partial charge in [-0.2, -0.15) is 0 Å². The monoisotopic (exact) mass is 353 g/mol. The summed E-state index contributed by atoms with van der Waals surface area (Å²) in [5, 5.41) is 10.9. The highest BCUT2D eigenvalue weighted by atomic mass is 79.9. The second-order valence-electron chi connectivity index (χ2n) is 4.12. The first kappa shape index (κ1) is 14.7. The summed E-state index contributed by atoms with van der Waals surface area (Å²) < 4.78 is 0.661. The second kappa shape index (κ2) is 6.15. The molecule has 0 N–H and O–H groups in total. The summed E-state index contributed by atoms with van der Waals surface area (Å²) in [5.41, 5.74) is 1.14. The van der Waals surface area contributed by atoms with Gasteiger partial charge >= 0.3 is 0 Å². The van der Waals surface area contributed by atoms with Gasteiger partial charge in [0.2, 0.25) is 0 Å². The summed E-state index contributed by atoms with van der Waals surface area (Å²) >= 11 is 9.33. The van der Waals surface area contributed by atoms with Gasteiger partial charge in [-0.25, -0.2) is 0 Å². The zero-order valence-electron chi connectivity index (χ0n) is 10.2. The number of nitro benzene ring substituents is 1. The van der Waals surface area contributed by atoms with Gasteiger partial charge in [0.05, 0.1) is 9.95 Å². The van der Waals surface area contributed by atoms with E-state index in [0.29, 0.717) is 20.6 Å². The Hall–Kier alpha value is -1.72. The van der Waals surface area contributed by atoms with Gasteiger partial charge in [0.25, 0.3) is 5.69 Å². The van der Waals surface area contributed by atoms with Crippen molar-refractivity contribution in [3.05, 3.63) is 73.2 Å². The van der Waals surface area contributed by atoms with Crippen molar-refractivity contribution in [2.75, 3.05) is 0 Å². The standard InChI is InChI=1S/C14H9BrClNO3/c15-12-3-1-2-11(14(12)16)13(18)8-9-4-6-10(7-5-9)17(19)20/h1-7H,8H2. The summed E-state index contributed by atoms with van der Waals surface area (Å²) in [4.78, 5) is 22.2. The van der Waals surface area contributed by atoms with E-state index in [1.807, 2.05) is 0 Å². The summed E-state index contributed by atoms with van der Waals surface area (Å²) in [5.74, 6) is -0.134. The molecule has 0 spiro atoms.